The number of likely N-dealkylation sites (N-methyl/N-ethyl adjacent to an activating group) is 1. The van der Waals surface area contributed by atoms with Gasteiger partial charge in [-0.2, -0.15) is 4.31 Å². The van der Waals surface area contributed by atoms with E-state index >= 15 is 0 Å². The van der Waals surface area contributed by atoms with Gasteiger partial charge in [0.1, 0.15) is 0 Å². The smallest absolute Gasteiger partial charge is 0.339 e. The lowest BCUT2D eigenvalue weighted by Gasteiger charge is -2.26. The second kappa shape index (κ2) is 9.62. The molecule has 1 atom stereocenters. The SMILES string of the molecule is Cc1ccc(S(=O)(=O)N2CCCCC2)cc1C(=O)OC(C)C(=O)N(C)c1ccccc1. The number of nitrogens with zero attached hydrogens (tertiary/aromatic N) is 2. The second-order valence-electron chi connectivity index (χ2n) is 7.72. The zero-order chi connectivity index (χ0) is 22.6. The van der Waals surface area contributed by atoms with Gasteiger partial charge < -0.3 is 9.64 Å². The molecule has 0 spiro atoms. The lowest BCUT2D eigenvalue weighted by Crippen LogP contribution is -2.37. The Bertz CT molecular complexity index is 1050. The quantitative estimate of drug-likeness (QED) is 0.638. The maximum absolute atomic E-state index is 13.0. The molecular weight excluding hydrogens is 416 g/mol. The Kier molecular flexibility index (Phi) is 7.12. The number of aryl methyl sites for hydroxylation is 1. The van der Waals surface area contributed by atoms with E-state index < -0.39 is 22.1 Å². The average molecular weight is 445 g/mol. The normalized spacial score (nSPS) is 15.8. The van der Waals surface area contributed by atoms with Crippen LogP contribution < -0.4 is 4.90 Å². The molecule has 0 aliphatic carbocycles. The number of carbonyl (C=O) groups is 2. The van der Waals surface area contributed by atoms with Crippen molar-refractivity contribution >= 4 is 27.6 Å². The zero-order valence-corrected chi connectivity index (χ0v) is 18.9. The van der Waals surface area contributed by atoms with Crippen LogP contribution in [0.2, 0.25) is 0 Å². The third-order valence-corrected chi connectivity index (χ3v) is 7.38. The Labute approximate surface area is 183 Å². The third-order valence-electron chi connectivity index (χ3n) is 5.49. The summed E-state index contributed by atoms with van der Waals surface area (Å²) >= 11 is 0. The van der Waals surface area contributed by atoms with Crippen molar-refractivity contribution in [3.05, 3.63) is 59.7 Å². The summed E-state index contributed by atoms with van der Waals surface area (Å²) in [5.74, 6) is -1.11. The van der Waals surface area contributed by atoms with Crippen molar-refractivity contribution < 1.29 is 22.7 Å². The van der Waals surface area contributed by atoms with E-state index in [2.05, 4.69) is 0 Å². The van der Waals surface area contributed by atoms with E-state index in [-0.39, 0.29) is 16.4 Å². The van der Waals surface area contributed by atoms with Crippen molar-refractivity contribution in [1.29, 1.82) is 0 Å². The van der Waals surface area contributed by atoms with Crippen molar-refractivity contribution in [2.75, 3.05) is 25.0 Å². The number of piperidine rings is 1. The van der Waals surface area contributed by atoms with E-state index in [1.165, 1.54) is 28.3 Å². The summed E-state index contributed by atoms with van der Waals surface area (Å²) in [5.41, 5.74) is 1.40. The molecule has 2 aromatic carbocycles. The minimum atomic E-state index is -3.68. The molecule has 166 valence electrons. The molecule has 0 saturated carbocycles. The Morgan fingerprint density at radius 3 is 2.32 bits per heavy atom. The molecule has 8 heteroatoms. The molecule has 1 saturated heterocycles. The fourth-order valence-electron chi connectivity index (χ4n) is 3.56. The Hall–Kier alpha value is -2.71. The number of ether oxygens (including phenoxy) is 1. The first-order valence-corrected chi connectivity index (χ1v) is 11.8. The monoisotopic (exact) mass is 444 g/mol. The molecule has 1 unspecified atom stereocenters. The van der Waals surface area contributed by atoms with E-state index in [0.717, 1.165) is 19.3 Å². The molecule has 7 nitrogen and oxygen atoms in total. The lowest BCUT2D eigenvalue weighted by molar-refractivity contribution is -0.126. The summed E-state index contributed by atoms with van der Waals surface area (Å²) in [6.45, 7) is 4.17. The van der Waals surface area contributed by atoms with Crippen LogP contribution in [0, 0.1) is 6.92 Å². The Balaban J connectivity index is 1.77. The predicted molar refractivity (Wildman–Crippen MR) is 119 cm³/mol. The van der Waals surface area contributed by atoms with Crippen molar-refractivity contribution in [1.82, 2.24) is 4.31 Å². The van der Waals surface area contributed by atoms with Crippen LogP contribution in [0.3, 0.4) is 0 Å². The highest BCUT2D eigenvalue weighted by Gasteiger charge is 2.28. The van der Waals surface area contributed by atoms with Crippen LogP contribution in [0.4, 0.5) is 5.69 Å². The molecule has 0 radical (unpaired) electrons. The average Bonchev–Trinajstić information content (AvgIpc) is 2.79. The molecule has 3 rings (SSSR count). The molecule has 2 aromatic rings. The summed E-state index contributed by atoms with van der Waals surface area (Å²) in [4.78, 5) is 26.9. The molecule has 1 aliphatic heterocycles. The molecule has 1 fully saturated rings. The van der Waals surface area contributed by atoms with Crippen LogP contribution in [-0.2, 0) is 19.6 Å². The largest absolute Gasteiger partial charge is 0.449 e. The second-order valence-corrected chi connectivity index (χ2v) is 9.66. The number of hydrogen-bond acceptors (Lipinski definition) is 5. The van der Waals surface area contributed by atoms with Crippen molar-refractivity contribution in [3.8, 4) is 0 Å². The molecule has 0 bridgehead atoms. The van der Waals surface area contributed by atoms with Crippen LogP contribution in [0.1, 0.15) is 42.1 Å². The first-order chi connectivity index (χ1) is 14.7. The van der Waals surface area contributed by atoms with Crippen LogP contribution in [-0.4, -0.2) is 50.8 Å². The third kappa shape index (κ3) is 5.14. The molecule has 1 amide bonds. The van der Waals surface area contributed by atoms with Crippen LogP contribution >= 0.6 is 0 Å². The highest BCUT2D eigenvalue weighted by Crippen LogP contribution is 2.24. The van der Waals surface area contributed by atoms with Gasteiger partial charge in [0.05, 0.1) is 10.5 Å². The van der Waals surface area contributed by atoms with E-state index in [0.29, 0.717) is 24.3 Å². The van der Waals surface area contributed by atoms with Crippen LogP contribution in [0.5, 0.6) is 0 Å². The number of benzene rings is 2. The number of sulfonamides is 1. The zero-order valence-electron chi connectivity index (χ0n) is 18.1. The summed E-state index contributed by atoms with van der Waals surface area (Å²) < 4.78 is 32.8. The molecule has 0 N–H and O–H groups in total. The molecule has 1 heterocycles. The van der Waals surface area contributed by atoms with Gasteiger partial charge >= 0.3 is 5.97 Å². The van der Waals surface area contributed by atoms with E-state index in [1.807, 2.05) is 18.2 Å². The molecule has 31 heavy (non-hydrogen) atoms. The van der Waals surface area contributed by atoms with Crippen molar-refractivity contribution in [2.45, 2.75) is 44.1 Å². The first-order valence-electron chi connectivity index (χ1n) is 10.4. The lowest BCUT2D eigenvalue weighted by atomic mass is 10.1. The molecule has 0 aromatic heterocycles. The Morgan fingerprint density at radius 1 is 1.03 bits per heavy atom. The number of anilines is 1. The number of esters is 1. The maximum Gasteiger partial charge on any atom is 0.339 e. The number of para-hydroxylation sites is 1. The van der Waals surface area contributed by atoms with Gasteiger partial charge in [0.15, 0.2) is 6.10 Å². The summed E-state index contributed by atoms with van der Waals surface area (Å²) in [7, 11) is -2.07. The van der Waals surface area contributed by atoms with Gasteiger partial charge in [-0.1, -0.05) is 30.7 Å². The topological polar surface area (TPSA) is 84.0 Å². The maximum atomic E-state index is 13.0. The fraction of sp³-hybridized carbons (Fsp3) is 0.391. The van der Waals surface area contributed by atoms with Gasteiger partial charge in [-0.15, -0.1) is 0 Å². The minimum Gasteiger partial charge on any atom is -0.449 e. The van der Waals surface area contributed by atoms with E-state index in [4.69, 9.17) is 4.74 Å². The fourth-order valence-corrected chi connectivity index (χ4v) is 5.11. The highest BCUT2D eigenvalue weighted by atomic mass is 32.2. The summed E-state index contributed by atoms with van der Waals surface area (Å²) in [6.07, 6.45) is 1.64. The van der Waals surface area contributed by atoms with Gasteiger partial charge in [0, 0.05) is 25.8 Å². The summed E-state index contributed by atoms with van der Waals surface area (Å²) in [6, 6.07) is 13.5. The van der Waals surface area contributed by atoms with E-state index in [9.17, 15) is 18.0 Å². The van der Waals surface area contributed by atoms with Gasteiger partial charge in [0.25, 0.3) is 5.91 Å². The van der Waals surface area contributed by atoms with Gasteiger partial charge in [-0.3, -0.25) is 4.79 Å². The number of carbonyl (C=O) groups excluding carboxylic acids is 2. The van der Waals surface area contributed by atoms with Gasteiger partial charge in [0.2, 0.25) is 10.0 Å². The Morgan fingerprint density at radius 2 is 1.68 bits per heavy atom. The van der Waals surface area contributed by atoms with E-state index in [1.54, 1.807) is 32.2 Å². The van der Waals surface area contributed by atoms with Crippen LogP contribution in [0.15, 0.2) is 53.4 Å². The van der Waals surface area contributed by atoms with Crippen molar-refractivity contribution in [2.24, 2.45) is 0 Å². The number of hydrogen-bond donors (Lipinski definition) is 0. The molecular formula is C23H28N2O5S. The highest BCUT2D eigenvalue weighted by molar-refractivity contribution is 7.89. The summed E-state index contributed by atoms with van der Waals surface area (Å²) in [5, 5.41) is 0. The van der Waals surface area contributed by atoms with Crippen molar-refractivity contribution in [3.63, 3.8) is 0 Å². The number of amides is 1. The predicted octanol–water partition coefficient (Wildman–Crippen LogP) is 3.38. The van der Waals surface area contributed by atoms with Gasteiger partial charge in [-0.05, 0) is 56.5 Å². The van der Waals surface area contributed by atoms with Gasteiger partial charge in [-0.25, -0.2) is 13.2 Å². The first kappa shape index (κ1) is 23.0. The van der Waals surface area contributed by atoms with Crippen LogP contribution in [0.25, 0.3) is 0 Å². The standard InChI is InChI=1S/C23H28N2O5S/c1-17-12-13-20(31(28,29)25-14-8-5-9-15-25)16-21(17)23(27)30-18(2)22(26)24(3)19-10-6-4-7-11-19/h4,6-7,10-13,16,18H,5,8-9,14-15H2,1-3H3. The molecule has 1 aliphatic rings. The number of rotatable bonds is 6. The minimum absolute atomic E-state index is 0.0623.